The zero-order chi connectivity index (χ0) is 11.6. The monoisotopic (exact) mass is 230 g/mol. The van der Waals surface area contributed by atoms with E-state index in [0.717, 1.165) is 0 Å². The van der Waals surface area contributed by atoms with Crippen molar-refractivity contribution in [1.82, 2.24) is 0 Å². The molecule has 0 aliphatic carbocycles. The molecule has 3 saturated heterocycles. The van der Waals surface area contributed by atoms with Gasteiger partial charge < -0.3 is 23.7 Å². The minimum atomic E-state index is -0.612. The van der Waals surface area contributed by atoms with Crippen LogP contribution in [0.2, 0.25) is 0 Å². The van der Waals surface area contributed by atoms with E-state index >= 15 is 0 Å². The Bertz CT molecular complexity index is 311. The Labute approximate surface area is 94.9 Å². The largest absolute Gasteiger partial charge is 0.347 e. The van der Waals surface area contributed by atoms with Crippen LogP contribution in [0.3, 0.4) is 0 Å². The lowest BCUT2D eigenvalue weighted by Gasteiger charge is -2.28. The first kappa shape index (κ1) is 10.9. The van der Waals surface area contributed by atoms with Crippen LogP contribution in [-0.2, 0) is 23.7 Å². The van der Waals surface area contributed by atoms with E-state index in [-0.39, 0.29) is 12.4 Å². The fraction of sp³-hybridized carbons (Fsp3) is 1.00. The van der Waals surface area contributed by atoms with Crippen molar-refractivity contribution in [3.63, 3.8) is 0 Å². The van der Waals surface area contributed by atoms with Gasteiger partial charge in [-0.15, -0.1) is 0 Å². The quantitative estimate of drug-likeness (QED) is 0.621. The second kappa shape index (κ2) is 2.97. The lowest BCUT2D eigenvalue weighted by atomic mass is 10.0. The summed E-state index contributed by atoms with van der Waals surface area (Å²) in [5, 5.41) is 0. The van der Waals surface area contributed by atoms with Gasteiger partial charge in [-0.05, 0) is 27.7 Å². The molecule has 0 bridgehead atoms. The topological polar surface area (TPSA) is 46.2 Å². The average molecular weight is 230 g/mol. The van der Waals surface area contributed by atoms with Crippen molar-refractivity contribution < 1.29 is 23.7 Å². The van der Waals surface area contributed by atoms with Crippen molar-refractivity contribution in [2.24, 2.45) is 0 Å². The predicted molar refractivity (Wildman–Crippen MR) is 53.6 cm³/mol. The number of ether oxygens (including phenoxy) is 5. The molecule has 3 rings (SSSR count). The maximum atomic E-state index is 5.95. The Hall–Kier alpha value is -0.200. The second-order valence-corrected chi connectivity index (χ2v) is 5.59. The summed E-state index contributed by atoms with van der Waals surface area (Å²) in [5.74, 6) is -1.19. The third-order valence-corrected chi connectivity index (χ3v) is 3.18. The van der Waals surface area contributed by atoms with Crippen LogP contribution in [0.25, 0.3) is 0 Å². The highest BCUT2D eigenvalue weighted by Gasteiger charge is 2.64. The van der Waals surface area contributed by atoms with Crippen molar-refractivity contribution >= 4 is 0 Å². The van der Waals surface area contributed by atoms with Crippen LogP contribution in [0.15, 0.2) is 0 Å². The van der Waals surface area contributed by atoms with Gasteiger partial charge in [0.15, 0.2) is 17.9 Å². The van der Waals surface area contributed by atoms with Gasteiger partial charge in [-0.25, -0.2) is 0 Å². The molecule has 92 valence electrons. The normalized spacial score (nSPS) is 48.8. The minimum Gasteiger partial charge on any atom is -0.347 e. The average Bonchev–Trinajstić information content (AvgIpc) is 2.69. The van der Waals surface area contributed by atoms with Gasteiger partial charge in [0.05, 0.1) is 13.2 Å². The first-order valence-corrected chi connectivity index (χ1v) is 5.63. The minimum absolute atomic E-state index is 0.204. The van der Waals surface area contributed by atoms with Gasteiger partial charge in [0.1, 0.15) is 11.7 Å². The van der Waals surface area contributed by atoms with E-state index in [0.29, 0.717) is 13.2 Å². The van der Waals surface area contributed by atoms with Crippen molar-refractivity contribution in [2.45, 2.75) is 57.3 Å². The fourth-order valence-corrected chi connectivity index (χ4v) is 2.57. The van der Waals surface area contributed by atoms with Gasteiger partial charge in [-0.3, -0.25) is 0 Å². The standard InChI is InChI=1S/C11H18O5/c1-9(2)13-6-11(16-9)5-12-8-7(11)14-10(3,4)15-8/h7-8H,5-6H2,1-4H3/t7?,8?,11-/m0/s1. The SMILES string of the molecule is CC1(C)OC2OC[C@]3(COC(C)(C)O3)C2O1. The summed E-state index contributed by atoms with van der Waals surface area (Å²) >= 11 is 0. The molecule has 1 spiro atoms. The molecule has 0 aromatic heterocycles. The highest BCUT2D eigenvalue weighted by Crippen LogP contribution is 2.46. The molecule has 3 atom stereocenters. The molecular formula is C11H18O5. The molecule has 3 heterocycles. The van der Waals surface area contributed by atoms with Crippen LogP contribution in [0.5, 0.6) is 0 Å². The molecule has 0 radical (unpaired) electrons. The van der Waals surface area contributed by atoms with E-state index in [4.69, 9.17) is 23.7 Å². The molecule has 0 amide bonds. The summed E-state index contributed by atoms with van der Waals surface area (Å²) in [6.45, 7) is 8.50. The second-order valence-electron chi connectivity index (χ2n) is 5.59. The maximum Gasteiger partial charge on any atom is 0.190 e. The zero-order valence-electron chi connectivity index (χ0n) is 10.1. The van der Waals surface area contributed by atoms with Crippen LogP contribution in [0, 0.1) is 0 Å². The molecule has 5 heteroatoms. The first-order chi connectivity index (χ1) is 7.32. The zero-order valence-corrected chi connectivity index (χ0v) is 10.1. The Balaban J connectivity index is 1.84. The Morgan fingerprint density at radius 1 is 0.938 bits per heavy atom. The van der Waals surface area contributed by atoms with Gasteiger partial charge >= 0.3 is 0 Å². The van der Waals surface area contributed by atoms with Crippen LogP contribution in [0.1, 0.15) is 27.7 Å². The van der Waals surface area contributed by atoms with E-state index in [1.54, 1.807) is 0 Å². The van der Waals surface area contributed by atoms with E-state index < -0.39 is 17.2 Å². The van der Waals surface area contributed by atoms with Gasteiger partial charge in [0, 0.05) is 0 Å². The van der Waals surface area contributed by atoms with Crippen molar-refractivity contribution in [3.05, 3.63) is 0 Å². The van der Waals surface area contributed by atoms with Crippen LogP contribution in [-0.4, -0.2) is 42.8 Å². The highest BCUT2D eigenvalue weighted by atomic mass is 16.9. The summed E-state index contributed by atoms with van der Waals surface area (Å²) in [4.78, 5) is 0. The molecule has 0 aromatic carbocycles. The maximum absolute atomic E-state index is 5.95. The van der Waals surface area contributed by atoms with Gasteiger partial charge in [0.25, 0.3) is 0 Å². The molecule has 3 aliphatic heterocycles. The Kier molecular flexibility index (Phi) is 2.03. The van der Waals surface area contributed by atoms with Gasteiger partial charge in [0.2, 0.25) is 0 Å². The van der Waals surface area contributed by atoms with Crippen molar-refractivity contribution in [1.29, 1.82) is 0 Å². The van der Waals surface area contributed by atoms with Crippen LogP contribution < -0.4 is 0 Å². The molecule has 5 nitrogen and oxygen atoms in total. The molecule has 16 heavy (non-hydrogen) atoms. The molecule has 2 unspecified atom stereocenters. The molecule has 0 N–H and O–H groups in total. The summed E-state index contributed by atoms with van der Waals surface area (Å²) in [6, 6.07) is 0. The molecule has 3 fully saturated rings. The molecule has 3 aliphatic rings. The number of hydrogen-bond acceptors (Lipinski definition) is 5. The van der Waals surface area contributed by atoms with Crippen LogP contribution >= 0.6 is 0 Å². The van der Waals surface area contributed by atoms with Crippen LogP contribution in [0.4, 0.5) is 0 Å². The summed E-state index contributed by atoms with van der Waals surface area (Å²) < 4.78 is 28.7. The van der Waals surface area contributed by atoms with E-state index in [2.05, 4.69) is 0 Å². The third kappa shape index (κ3) is 1.50. The van der Waals surface area contributed by atoms with Crippen molar-refractivity contribution in [2.75, 3.05) is 13.2 Å². The number of hydrogen-bond donors (Lipinski definition) is 0. The Morgan fingerprint density at radius 3 is 2.31 bits per heavy atom. The van der Waals surface area contributed by atoms with E-state index in [1.807, 2.05) is 27.7 Å². The number of fused-ring (bicyclic) bond motifs is 2. The molecule has 0 aromatic rings. The van der Waals surface area contributed by atoms with Gasteiger partial charge in [-0.1, -0.05) is 0 Å². The summed E-state index contributed by atoms with van der Waals surface area (Å²) in [6.07, 6.45) is -0.545. The lowest BCUT2D eigenvalue weighted by molar-refractivity contribution is -0.225. The molecular weight excluding hydrogens is 212 g/mol. The summed E-state index contributed by atoms with van der Waals surface area (Å²) in [5.41, 5.74) is -0.512. The lowest BCUT2D eigenvalue weighted by Crippen LogP contribution is -2.47. The Morgan fingerprint density at radius 2 is 1.69 bits per heavy atom. The van der Waals surface area contributed by atoms with E-state index in [1.165, 1.54) is 0 Å². The number of rotatable bonds is 0. The highest BCUT2D eigenvalue weighted by molar-refractivity contribution is 5.03. The summed E-state index contributed by atoms with van der Waals surface area (Å²) in [7, 11) is 0. The van der Waals surface area contributed by atoms with Crippen molar-refractivity contribution in [3.8, 4) is 0 Å². The third-order valence-electron chi connectivity index (χ3n) is 3.18. The van der Waals surface area contributed by atoms with Gasteiger partial charge in [-0.2, -0.15) is 0 Å². The molecule has 0 saturated carbocycles. The van der Waals surface area contributed by atoms with E-state index in [9.17, 15) is 0 Å². The first-order valence-electron chi connectivity index (χ1n) is 5.63. The predicted octanol–water partition coefficient (Wildman–Crippen LogP) is 1.02. The fourth-order valence-electron chi connectivity index (χ4n) is 2.57. The smallest absolute Gasteiger partial charge is 0.190 e.